The van der Waals surface area contributed by atoms with Crippen molar-refractivity contribution < 1.29 is 56.2 Å². The van der Waals surface area contributed by atoms with Crippen LogP contribution in [0.1, 0.15) is 168 Å². The molecule has 348 valence electrons. The van der Waals surface area contributed by atoms with Crippen molar-refractivity contribution in [2.75, 3.05) is 26.4 Å². The van der Waals surface area contributed by atoms with Gasteiger partial charge in [-0.3, -0.25) is 9.35 Å². The first-order valence-corrected chi connectivity index (χ1v) is 24.4. The molecule has 0 bridgehead atoms. The number of unbranched alkanes of at least 4 members (excludes halogenated alkanes) is 16. The Kier molecular flexibility index (Phi) is 35.8. The van der Waals surface area contributed by atoms with Crippen LogP contribution in [0.25, 0.3) is 0 Å². The van der Waals surface area contributed by atoms with Crippen molar-refractivity contribution in [1.29, 1.82) is 0 Å². The van der Waals surface area contributed by atoms with Crippen LogP contribution in [0.4, 0.5) is 0 Å². The highest BCUT2D eigenvalue weighted by Crippen LogP contribution is 2.26. The predicted molar refractivity (Wildman–Crippen MR) is 239 cm³/mol. The number of carbonyl (C=O) groups excluding carboxylic acids is 1. The summed E-state index contributed by atoms with van der Waals surface area (Å²) in [4.78, 5) is 12.9. The Labute approximate surface area is 363 Å². The zero-order chi connectivity index (χ0) is 43.9. The minimum atomic E-state index is -5.07. The van der Waals surface area contributed by atoms with Crippen LogP contribution in [-0.4, -0.2) is 97.5 Å². The van der Waals surface area contributed by atoms with Crippen molar-refractivity contribution in [3.05, 3.63) is 60.8 Å². The van der Waals surface area contributed by atoms with Crippen LogP contribution in [-0.2, 0) is 38.3 Å². The first-order chi connectivity index (χ1) is 29.1. The third-order valence-corrected chi connectivity index (χ3v) is 10.6. The fourth-order valence-corrected chi connectivity index (χ4v) is 7.17. The molecule has 1 fully saturated rings. The van der Waals surface area contributed by atoms with Crippen LogP contribution in [0.5, 0.6) is 0 Å². The molecule has 0 amide bonds. The van der Waals surface area contributed by atoms with Crippen LogP contribution in [0.15, 0.2) is 60.8 Å². The van der Waals surface area contributed by atoms with E-state index in [4.69, 9.17) is 23.5 Å². The number of allylic oxidation sites excluding steroid dienone is 10. The monoisotopic (exact) mass is 871 g/mol. The normalized spacial score (nSPS) is 20.8. The van der Waals surface area contributed by atoms with E-state index < -0.39 is 59.8 Å². The molecule has 1 aliphatic heterocycles. The molecule has 0 aromatic heterocycles. The summed E-state index contributed by atoms with van der Waals surface area (Å²) in [5, 5.41) is 30.7. The fourth-order valence-electron chi connectivity index (χ4n) is 6.66. The highest BCUT2D eigenvalue weighted by atomic mass is 32.3. The molecule has 1 rings (SSSR count). The summed E-state index contributed by atoms with van der Waals surface area (Å²) in [6.07, 6.45) is 38.2. The first kappa shape index (κ1) is 55.8. The molecule has 6 atom stereocenters. The van der Waals surface area contributed by atoms with Gasteiger partial charge in [-0.05, 0) is 77.0 Å². The van der Waals surface area contributed by atoms with Gasteiger partial charge in [0.2, 0.25) is 0 Å². The smallest absolute Gasteiger partial charge is 0.397 e. The molecule has 60 heavy (non-hydrogen) atoms. The molecule has 0 spiro atoms. The SMILES string of the molecule is CC/C=C\C/C=C\C/C=C\CCCCCCOCC(COC1OC(CO)C(O)C(OS(=O)(=O)O)C1O)OC(=O)CCCCCCCCCCC/C=C\C/C=C\CCCCC. The molecule has 1 heterocycles. The summed E-state index contributed by atoms with van der Waals surface area (Å²) in [7, 11) is -5.07. The van der Waals surface area contributed by atoms with Crippen molar-refractivity contribution >= 4 is 16.4 Å². The van der Waals surface area contributed by atoms with Gasteiger partial charge in [0.25, 0.3) is 0 Å². The predicted octanol–water partition coefficient (Wildman–Crippen LogP) is 9.74. The Hall–Kier alpha value is -2.20. The lowest BCUT2D eigenvalue weighted by atomic mass is 9.99. The quantitative estimate of drug-likeness (QED) is 0.0199. The van der Waals surface area contributed by atoms with Gasteiger partial charge in [0.1, 0.15) is 30.5 Å². The molecule has 0 aliphatic carbocycles. The fraction of sp³-hybridized carbons (Fsp3) is 0.766. The van der Waals surface area contributed by atoms with Gasteiger partial charge >= 0.3 is 16.4 Å². The molecule has 1 aliphatic rings. The van der Waals surface area contributed by atoms with Gasteiger partial charge in [0, 0.05) is 13.0 Å². The maximum absolute atomic E-state index is 12.9. The number of hydrogen-bond acceptors (Lipinski definition) is 11. The molecule has 1 saturated heterocycles. The van der Waals surface area contributed by atoms with Gasteiger partial charge in [-0.2, -0.15) is 8.42 Å². The summed E-state index contributed by atoms with van der Waals surface area (Å²) in [6, 6.07) is 0. The number of hydrogen-bond donors (Lipinski definition) is 4. The lowest BCUT2D eigenvalue weighted by Gasteiger charge is -2.41. The van der Waals surface area contributed by atoms with Gasteiger partial charge < -0.3 is 34.3 Å². The summed E-state index contributed by atoms with van der Waals surface area (Å²) in [5.74, 6) is -0.414. The van der Waals surface area contributed by atoms with Gasteiger partial charge in [-0.1, -0.05) is 145 Å². The molecule has 0 aromatic carbocycles. The molecule has 6 unspecified atom stereocenters. The maximum atomic E-state index is 12.9. The Bertz CT molecular complexity index is 1280. The van der Waals surface area contributed by atoms with Gasteiger partial charge in [0.05, 0.1) is 19.8 Å². The van der Waals surface area contributed by atoms with Crippen molar-refractivity contribution in [2.45, 2.75) is 205 Å². The number of aliphatic hydroxyl groups excluding tert-OH is 3. The van der Waals surface area contributed by atoms with E-state index in [0.717, 1.165) is 83.5 Å². The standard InChI is InChI=1S/C47H82O12S/c1-3-5-7-9-11-13-15-17-19-20-21-22-23-24-26-28-30-32-34-36-43(49)57-41(39-55-37-35-33-31-29-27-25-18-16-14-12-10-8-6-4-2)40-56-47-45(51)46(59-60(52,53)54)44(50)42(38-48)58-47/h6,8,11-14,17-19,25,41-42,44-48,50-51H,3-5,7,9-10,15-16,20-24,26-40H2,1-2H3,(H,52,53,54)/b8-6-,13-11-,14-12-,19-17-,25-18-. The summed E-state index contributed by atoms with van der Waals surface area (Å²) < 4.78 is 59.0. The maximum Gasteiger partial charge on any atom is 0.397 e. The highest BCUT2D eigenvalue weighted by Gasteiger charge is 2.48. The lowest BCUT2D eigenvalue weighted by Crippen LogP contribution is -2.60. The van der Waals surface area contributed by atoms with Crippen molar-refractivity contribution in [3.63, 3.8) is 0 Å². The van der Waals surface area contributed by atoms with Gasteiger partial charge in [-0.25, -0.2) is 4.18 Å². The summed E-state index contributed by atoms with van der Waals surface area (Å²) in [5.41, 5.74) is 0. The molecule has 13 heteroatoms. The minimum Gasteiger partial charge on any atom is -0.457 e. The van der Waals surface area contributed by atoms with E-state index in [1.165, 1.54) is 57.8 Å². The summed E-state index contributed by atoms with van der Waals surface area (Å²) >= 11 is 0. The zero-order valence-corrected chi connectivity index (χ0v) is 37.8. The second-order valence-corrected chi connectivity index (χ2v) is 16.7. The number of esters is 1. The third kappa shape index (κ3) is 31.6. The number of aliphatic hydroxyl groups is 3. The van der Waals surface area contributed by atoms with E-state index in [9.17, 15) is 28.5 Å². The Morgan fingerprint density at radius 3 is 1.68 bits per heavy atom. The van der Waals surface area contributed by atoms with Gasteiger partial charge in [-0.15, -0.1) is 0 Å². The average molecular weight is 871 g/mol. The molecular weight excluding hydrogens is 789 g/mol. The van der Waals surface area contributed by atoms with Crippen LogP contribution >= 0.6 is 0 Å². The van der Waals surface area contributed by atoms with Crippen molar-refractivity contribution in [3.8, 4) is 0 Å². The summed E-state index contributed by atoms with van der Waals surface area (Å²) in [6.45, 7) is 3.78. The third-order valence-electron chi connectivity index (χ3n) is 10.1. The molecular formula is C47H82O12S. The highest BCUT2D eigenvalue weighted by molar-refractivity contribution is 7.80. The van der Waals surface area contributed by atoms with E-state index >= 15 is 0 Å². The first-order valence-electron chi connectivity index (χ1n) is 23.0. The number of ether oxygens (including phenoxy) is 4. The van der Waals surface area contributed by atoms with E-state index in [2.05, 4.69) is 78.8 Å². The van der Waals surface area contributed by atoms with E-state index in [-0.39, 0.29) is 19.6 Å². The van der Waals surface area contributed by atoms with E-state index in [1.807, 2.05) is 0 Å². The molecule has 4 N–H and O–H groups in total. The second kappa shape index (κ2) is 38.5. The topological polar surface area (TPSA) is 178 Å². The second-order valence-electron chi connectivity index (χ2n) is 15.6. The van der Waals surface area contributed by atoms with E-state index in [1.54, 1.807) is 0 Å². The molecule has 0 radical (unpaired) electrons. The lowest BCUT2D eigenvalue weighted by molar-refractivity contribution is -0.301. The minimum absolute atomic E-state index is 0.0167. The Morgan fingerprint density at radius 2 is 1.15 bits per heavy atom. The van der Waals surface area contributed by atoms with Crippen LogP contribution in [0, 0.1) is 0 Å². The van der Waals surface area contributed by atoms with Crippen LogP contribution in [0.3, 0.4) is 0 Å². The Morgan fingerprint density at radius 1 is 0.650 bits per heavy atom. The van der Waals surface area contributed by atoms with Gasteiger partial charge in [0.15, 0.2) is 6.29 Å². The van der Waals surface area contributed by atoms with Crippen LogP contribution < -0.4 is 0 Å². The Balaban J connectivity index is 2.43. The average Bonchev–Trinajstić information content (AvgIpc) is 3.22. The zero-order valence-electron chi connectivity index (χ0n) is 37.0. The largest absolute Gasteiger partial charge is 0.457 e. The number of carbonyl (C=O) groups is 1. The van der Waals surface area contributed by atoms with E-state index in [0.29, 0.717) is 13.0 Å². The molecule has 12 nitrogen and oxygen atoms in total. The number of rotatable bonds is 39. The molecule has 0 aromatic rings. The molecule has 0 saturated carbocycles. The van der Waals surface area contributed by atoms with Crippen molar-refractivity contribution in [1.82, 2.24) is 0 Å². The van der Waals surface area contributed by atoms with Crippen molar-refractivity contribution in [2.24, 2.45) is 0 Å². The van der Waals surface area contributed by atoms with Crippen LogP contribution in [0.2, 0.25) is 0 Å².